The Balaban J connectivity index is 1.93. The van der Waals surface area contributed by atoms with Gasteiger partial charge in [0, 0.05) is 12.5 Å². The summed E-state index contributed by atoms with van der Waals surface area (Å²) in [7, 11) is 0. The number of carbonyl (C=O) groups is 2. The molecule has 0 saturated heterocycles. The lowest BCUT2D eigenvalue weighted by Gasteiger charge is -2.37. The fraction of sp³-hybridized carbons (Fsp3) is 0.263. The summed E-state index contributed by atoms with van der Waals surface area (Å²) in [5.74, 6) is -8.90. The summed E-state index contributed by atoms with van der Waals surface area (Å²) in [5, 5.41) is 17.0. The minimum absolute atomic E-state index is 0.231. The van der Waals surface area contributed by atoms with Gasteiger partial charge in [0.1, 0.15) is 22.7 Å². The van der Waals surface area contributed by atoms with Crippen molar-refractivity contribution in [2.75, 3.05) is 5.32 Å². The van der Waals surface area contributed by atoms with Crippen molar-refractivity contribution in [3.05, 3.63) is 57.5 Å². The van der Waals surface area contributed by atoms with Crippen LogP contribution in [0.1, 0.15) is 34.6 Å². The number of benzene rings is 1. The Kier molecular flexibility index (Phi) is 7.36. The molecule has 0 unspecified atom stereocenters. The number of nitrogens with zero attached hydrogens (tertiary/aromatic N) is 3. The number of hydrogen-bond donors (Lipinski definition) is 3. The minimum Gasteiger partial charge on any atom is -0.477 e. The Labute approximate surface area is 202 Å². The zero-order valence-electron chi connectivity index (χ0n) is 17.0. The Morgan fingerprint density at radius 2 is 1.83 bits per heavy atom. The summed E-state index contributed by atoms with van der Waals surface area (Å²) >= 11 is 10.9. The molecule has 188 valence electrons. The molecule has 35 heavy (non-hydrogen) atoms. The van der Waals surface area contributed by atoms with Crippen LogP contribution in [0.2, 0.25) is 0 Å². The molecule has 0 spiro atoms. The van der Waals surface area contributed by atoms with Crippen molar-refractivity contribution in [3.63, 3.8) is 0 Å². The number of aliphatic carboxylic acids is 1. The number of carboxylic acid groups (broad SMARTS) is 1. The Hall–Kier alpha value is -3.26. The number of nitrogens with one attached hydrogen (secondary N) is 2. The van der Waals surface area contributed by atoms with Gasteiger partial charge in [-0.3, -0.25) is 4.79 Å². The van der Waals surface area contributed by atoms with Crippen LogP contribution in [0.25, 0.3) is 0 Å². The highest BCUT2D eigenvalue weighted by Gasteiger charge is 2.64. The lowest BCUT2D eigenvalue weighted by molar-refractivity contribution is -0.301. The van der Waals surface area contributed by atoms with Crippen molar-refractivity contribution in [1.82, 2.24) is 15.2 Å². The number of alkyl halides is 5. The van der Waals surface area contributed by atoms with E-state index in [0.717, 1.165) is 18.2 Å². The van der Waals surface area contributed by atoms with Crippen LogP contribution in [0.4, 0.5) is 32.2 Å². The van der Waals surface area contributed by atoms with E-state index in [1.54, 1.807) is 0 Å². The van der Waals surface area contributed by atoms with E-state index in [0.29, 0.717) is 10.9 Å². The van der Waals surface area contributed by atoms with E-state index in [4.69, 9.17) is 28.3 Å². The molecule has 2 aromatic rings. The van der Waals surface area contributed by atoms with E-state index in [-0.39, 0.29) is 11.4 Å². The van der Waals surface area contributed by atoms with E-state index in [9.17, 15) is 35.9 Å². The maximum Gasteiger partial charge on any atom is 0.455 e. The second kappa shape index (κ2) is 9.77. The number of halogens is 8. The molecule has 2 atom stereocenters. The predicted molar refractivity (Wildman–Crippen MR) is 112 cm³/mol. The highest BCUT2D eigenvalue weighted by Crippen LogP contribution is 2.50. The Morgan fingerprint density at radius 3 is 2.40 bits per heavy atom. The Morgan fingerprint density at radius 1 is 1.20 bits per heavy atom. The molecule has 2 heterocycles. The van der Waals surface area contributed by atoms with E-state index in [2.05, 4.69) is 15.5 Å². The van der Waals surface area contributed by atoms with Crippen LogP contribution in [-0.4, -0.2) is 45.1 Å². The quantitative estimate of drug-likeness (QED) is 0.210. The molecule has 0 fully saturated rings. The molecule has 1 aromatic heterocycles. The fourth-order valence-corrected chi connectivity index (χ4v) is 3.36. The second-order valence-corrected chi connectivity index (χ2v) is 7.93. The Bertz CT molecular complexity index is 1200. The standard InChI is InChI=1S/C19H13Cl2F6N5O3/c20-10(15(21)17(34)35)7-28-30-16(33)12-6-14-29-11(8-1-3-9(22)4-2-8)5-13(32(14)31-12)18(23,24)19(25,26)27/h1-4,6-7,11,13,29H,5H2,(H,30,33)(H,34,35)/b15-10+,28-7-/t11-,13+/m0/s1. The highest BCUT2D eigenvalue weighted by atomic mass is 35.5. The van der Waals surface area contributed by atoms with E-state index >= 15 is 0 Å². The summed E-state index contributed by atoms with van der Waals surface area (Å²) in [4.78, 5) is 23.0. The molecule has 0 bridgehead atoms. The molecule has 1 amide bonds. The third kappa shape index (κ3) is 5.53. The number of allylic oxidation sites excluding steroid dienone is 1. The zero-order valence-corrected chi connectivity index (χ0v) is 18.5. The van der Waals surface area contributed by atoms with Gasteiger partial charge in [0.25, 0.3) is 5.91 Å². The summed E-state index contributed by atoms with van der Waals surface area (Å²) in [6, 6.07) is 1.79. The lowest BCUT2D eigenvalue weighted by atomic mass is 9.93. The van der Waals surface area contributed by atoms with Gasteiger partial charge in [0.05, 0.1) is 17.3 Å². The number of carboxylic acids is 1. The third-order valence-corrected chi connectivity index (χ3v) is 5.60. The number of hydrogen-bond acceptors (Lipinski definition) is 5. The zero-order chi connectivity index (χ0) is 26.1. The van der Waals surface area contributed by atoms with Crippen LogP contribution >= 0.6 is 23.2 Å². The molecule has 1 aromatic carbocycles. The molecule has 3 N–H and O–H groups in total. The number of hydrazone groups is 1. The van der Waals surface area contributed by atoms with Crippen LogP contribution in [0.15, 0.2) is 45.5 Å². The lowest BCUT2D eigenvalue weighted by Crippen LogP contribution is -2.47. The average molecular weight is 544 g/mol. The van der Waals surface area contributed by atoms with Gasteiger partial charge in [-0.15, -0.1) is 0 Å². The third-order valence-electron chi connectivity index (χ3n) is 4.85. The topological polar surface area (TPSA) is 109 Å². The molecule has 1 aliphatic heterocycles. The highest BCUT2D eigenvalue weighted by molar-refractivity contribution is 6.51. The number of aromatic nitrogens is 2. The van der Waals surface area contributed by atoms with Crippen LogP contribution < -0.4 is 10.7 Å². The first-order valence-corrected chi connectivity index (χ1v) is 10.2. The maximum atomic E-state index is 14.4. The van der Waals surface area contributed by atoms with Crippen molar-refractivity contribution < 1.29 is 41.0 Å². The molecule has 0 radical (unpaired) electrons. The van der Waals surface area contributed by atoms with Crippen molar-refractivity contribution in [2.45, 2.75) is 30.6 Å². The molecule has 3 rings (SSSR count). The molecule has 0 saturated carbocycles. The average Bonchev–Trinajstić information content (AvgIpc) is 3.21. The molecular weight excluding hydrogens is 531 g/mol. The van der Waals surface area contributed by atoms with Crippen LogP contribution in [0.3, 0.4) is 0 Å². The van der Waals surface area contributed by atoms with Gasteiger partial charge in [0.2, 0.25) is 0 Å². The smallest absolute Gasteiger partial charge is 0.455 e. The van der Waals surface area contributed by atoms with Gasteiger partial charge in [-0.25, -0.2) is 19.3 Å². The summed E-state index contributed by atoms with van der Waals surface area (Å²) in [6.07, 6.45) is -6.06. The van der Waals surface area contributed by atoms with Crippen molar-refractivity contribution in [3.8, 4) is 0 Å². The predicted octanol–water partition coefficient (Wildman–Crippen LogP) is 4.81. The number of amides is 1. The molecule has 16 heteroatoms. The van der Waals surface area contributed by atoms with Gasteiger partial charge < -0.3 is 10.4 Å². The first-order chi connectivity index (χ1) is 16.2. The normalized spacial score (nSPS) is 19.1. The first-order valence-electron chi connectivity index (χ1n) is 9.40. The monoisotopic (exact) mass is 543 g/mol. The summed E-state index contributed by atoms with van der Waals surface area (Å²) in [5.41, 5.74) is 1.52. The number of rotatable bonds is 6. The fourth-order valence-electron chi connectivity index (χ4n) is 3.18. The molecule has 0 aliphatic carbocycles. The van der Waals surface area contributed by atoms with Crippen molar-refractivity contribution >= 4 is 47.1 Å². The minimum atomic E-state index is -5.93. The van der Waals surface area contributed by atoms with Crippen molar-refractivity contribution in [2.24, 2.45) is 5.10 Å². The maximum absolute atomic E-state index is 14.4. The SMILES string of the molecule is O=C(O)/C(Cl)=C(Cl)/C=N\NC(=O)c1cc2n(n1)[C@@H](C(F)(F)C(F)(F)F)C[C@@H](c1ccc(F)cc1)N2. The number of carbonyl (C=O) groups excluding carboxylic acids is 1. The first kappa shape index (κ1) is 26.3. The molecule has 8 nitrogen and oxygen atoms in total. The van der Waals surface area contributed by atoms with Crippen molar-refractivity contribution in [1.29, 1.82) is 0 Å². The molecular formula is C19H13Cl2F6N5O3. The van der Waals surface area contributed by atoms with Gasteiger partial charge in [-0.2, -0.15) is 32.2 Å². The largest absolute Gasteiger partial charge is 0.477 e. The number of anilines is 1. The van der Waals surface area contributed by atoms with Crippen LogP contribution in [0, 0.1) is 5.82 Å². The molecule has 1 aliphatic rings. The van der Waals surface area contributed by atoms with Crippen LogP contribution in [-0.2, 0) is 4.79 Å². The van der Waals surface area contributed by atoms with Gasteiger partial charge >= 0.3 is 18.1 Å². The second-order valence-electron chi connectivity index (χ2n) is 7.15. The summed E-state index contributed by atoms with van der Waals surface area (Å²) in [6.45, 7) is 0. The van der Waals surface area contributed by atoms with Gasteiger partial charge in [-0.05, 0) is 17.7 Å². The summed E-state index contributed by atoms with van der Waals surface area (Å²) < 4.78 is 82.0. The van der Waals surface area contributed by atoms with E-state index in [1.165, 1.54) is 12.1 Å². The van der Waals surface area contributed by atoms with E-state index < -0.39 is 64.1 Å². The van der Waals surface area contributed by atoms with Crippen LogP contribution in [0.5, 0.6) is 0 Å². The van der Waals surface area contributed by atoms with E-state index in [1.807, 2.05) is 5.43 Å². The van der Waals surface area contributed by atoms with Gasteiger partial charge in [0.15, 0.2) is 5.69 Å². The number of fused-ring (bicyclic) bond motifs is 1. The van der Waals surface area contributed by atoms with Gasteiger partial charge in [-0.1, -0.05) is 35.3 Å².